The Bertz CT molecular complexity index is 357. The predicted molar refractivity (Wildman–Crippen MR) is 66.8 cm³/mol. The molecule has 0 aromatic heterocycles. The number of hydrogen-bond donors (Lipinski definition) is 2. The van der Waals surface area contributed by atoms with Crippen LogP contribution < -0.4 is 21.3 Å². The molecule has 0 amide bonds. The van der Waals surface area contributed by atoms with E-state index >= 15 is 0 Å². The largest absolute Gasteiger partial charge is 0.497 e. The first kappa shape index (κ1) is 12.4. The first-order chi connectivity index (χ1) is 7.54. The Hall–Kier alpha value is -1.68. The van der Waals surface area contributed by atoms with E-state index in [-0.39, 0.29) is 5.92 Å². The van der Waals surface area contributed by atoms with Gasteiger partial charge in [-0.25, -0.2) is 5.84 Å². The summed E-state index contributed by atoms with van der Waals surface area (Å²) in [5.74, 6) is 6.95. The van der Waals surface area contributed by atoms with Crippen LogP contribution in [0, 0.1) is 5.92 Å². The molecule has 0 bridgehead atoms. The lowest BCUT2D eigenvalue weighted by Crippen LogP contribution is -2.26. The number of nitrogens with two attached hydrogens (primary N) is 2. The van der Waals surface area contributed by atoms with Crippen LogP contribution in [-0.4, -0.2) is 7.11 Å². The molecule has 0 atom stereocenters. The van der Waals surface area contributed by atoms with Gasteiger partial charge in [0, 0.05) is 11.9 Å². The topological polar surface area (TPSA) is 64.5 Å². The van der Waals surface area contributed by atoms with E-state index in [1.54, 1.807) is 13.3 Å². The van der Waals surface area contributed by atoms with Crippen LogP contribution >= 0.6 is 0 Å². The minimum absolute atomic E-state index is 0.282. The average Bonchev–Trinajstić information content (AvgIpc) is 2.28. The molecule has 0 aliphatic rings. The van der Waals surface area contributed by atoms with Gasteiger partial charge in [-0.3, -0.25) is 5.01 Å². The number of methoxy groups -OCH3 is 1. The fourth-order valence-corrected chi connectivity index (χ4v) is 1.14. The Morgan fingerprint density at radius 3 is 2.31 bits per heavy atom. The predicted octanol–water partition coefficient (Wildman–Crippen LogP) is 1.83. The lowest BCUT2D eigenvalue weighted by atomic mass is 10.1. The van der Waals surface area contributed by atoms with Crippen molar-refractivity contribution in [2.24, 2.45) is 17.5 Å². The van der Waals surface area contributed by atoms with E-state index in [1.165, 1.54) is 5.01 Å². The summed E-state index contributed by atoms with van der Waals surface area (Å²) in [5.41, 5.74) is 7.44. The van der Waals surface area contributed by atoms with Crippen LogP contribution in [0.15, 0.2) is 36.2 Å². The van der Waals surface area contributed by atoms with Crippen molar-refractivity contribution in [1.29, 1.82) is 0 Å². The van der Waals surface area contributed by atoms with Crippen molar-refractivity contribution in [2.45, 2.75) is 13.8 Å². The van der Waals surface area contributed by atoms with Gasteiger partial charge < -0.3 is 10.5 Å². The minimum Gasteiger partial charge on any atom is -0.497 e. The third-order valence-electron chi connectivity index (χ3n) is 2.33. The van der Waals surface area contributed by atoms with Gasteiger partial charge in [0.2, 0.25) is 0 Å². The molecule has 0 unspecified atom stereocenters. The van der Waals surface area contributed by atoms with Gasteiger partial charge in [0.05, 0.1) is 12.8 Å². The van der Waals surface area contributed by atoms with Crippen LogP contribution in [0.2, 0.25) is 0 Å². The molecule has 1 rings (SSSR count). The first-order valence-electron chi connectivity index (χ1n) is 5.19. The van der Waals surface area contributed by atoms with Gasteiger partial charge in [-0.15, -0.1) is 0 Å². The van der Waals surface area contributed by atoms with Crippen LogP contribution in [0.3, 0.4) is 0 Å². The summed E-state index contributed by atoms with van der Waals surface area (Å²) in [4.78, 5) is 0. The molecule has 1 aromatic carbocycles. The zero-order chi connectivity index (χ0) is 12.1. The number of hydrazine groups is 1. The van der Waals surface area contributed by atoms with Crippen molar-refractivity contribution in [3.05, 3.63) is 36.2 Å². The number of ether oxygens (including phenoxy) is 1. The SMILES string of the molecule is COc1ccc(N(N)/C=C(\N)C(C)C)cc1. The molecule has 4 nitrogen and oxygen atoms in total. The molecule has 0 fully saturated rings. The van der Waals surface area contributed by atoms with Gasteiger partial charge in [-0.05, 0) is 30.2 Å². The molecule has 0 saturated carbocycles. The Morgan fingerprint density at radius 2 is 1.88 bits per heavy atom. The molecule has 0 aliphatic carbocycles. The quantitative estimate of drug-likeness (QED) is 0.601. The number of allylic oxidation sites excluding steroid dienone is 1. The Morgan fingerprint density at radius 1 is 1.31 bits per heavy atom. The summed E-state index contributed by atoms with van der Waals surface area (Å²) < 4.78 is 5.07. The number of nitrogens with zero attached hydrogens (tertiary/aromatic N) is 1. The standard InChI is InChI=1S/C12H19N3O/c1-9(2)12(13)8-15(14)10-4-6-11(16-3)7-5-10/h4-9H,13-14H2,1-3H3/b12-8-. The molecule has 4 N–H and O–H groups in total. The maximum atomic E-state index is 5.86. The number of rotatable bonds is 4. The molecule has 1 aromatic rings. The van der Waals surface area contributed by atoms with Gasteiger partial charge in [0.1, 0.15) is 5.75 Å². The highest BCUT2D eigenvalue weighted by atomic mass is 16.5. The highest BCUT2D eigenvalue weighted by Crippen LogP contribution is 2.18. The van der Waals surface area contributed by atoms with Crippen molar-refractivity contribution in [3.63, 3.8) is 0 Å². The Balaban J connectivity index is 2.80. The second kappa shape index (κ2) is 5.42. The van der Waals surface area contributed by atoms with Gasteiger partial charge in [0.25, 0.3) is 0 Å². The lowest BCUT2D eigenvalue weighted by molar-refractivity contribution is 0.415. The molecule has 0 saturated heterocycles. The normalized spacial score (nSPS) is 11.7. The molecular formula is C12H19N3O. The summed E-state index contributed by atoms with van der Waals surface area (Å²) >= 11 is 0. The van der Waals surface area contributed by atoms with Gasteiger partial charge in [0.15, 0.2) is 0 Å². The molecule has 0 aliphatic heterocycles. The van der Waals surface area contributed by atoms with Crippen molar-refractivity contribution >= 4 is 5.69 Å². The molecule has 4 heteroatoms. The highest BCUT2D eigenvalue weighted by Gasteiger charge is 2.02. The van der Waals surface area contributed by atoms with Gasteiger partial charge in [-0.2, -0.15) is 0 Å². The van der Waals surface area contributed by atoms with Crippen LogP contribution in [0.5, 0.6) is 5.75 Å². The molecule has 0 radical (unpaired) electrons. The van der Waals surface area contributed by atoms with Crippen LogP contribution in [-0.2, 0) is 0 Å². The zero-order valence-corrected chi connectivity index (χ0v) is 9.97. The summed E-state index contributed by atoms with van der Waals surface area (Å²) in [6, 6.07) is 7.47. The number of hydrogen-bond acceptors (Lipinski definition) is 4. The molecule has 16 heavy (non-hydrogen) atoms. The maximum Gasteiger partial charge on any atom is 0.119 e. The van der Waals surface area contributed by atoms with E-state index in [0.717, 1.165) is 17.1 Å². The maximum absolute atomic E-state index is 5.86. The zero-order valence-electron chi connectivity index (χ0n) is 9.97. The average molecular weight is 221 g/mol. The third kappa shape index (κ3) is 3.17. The Kier molecular flexibility index (Phi) is 4.19. The monoisotopic (exact) mass is 221 g/mol. The van der Waals surface area contributed by atoms with Crippen molar-refractivity contribution < 1.29 is 4.74 Å². The van der Waals surface area contributed by atoms with Crippen LogP contribution in [0.4, 0.5) is 5.69 Å². The fraction of sp³-hybridized carbons (Fsp3) is 0.333. The van der Waals surface area contributed by atoms with Crippen LogP contribution in [0.25, 0.3) is 0 Å². The van der Waals surface area contributed by atoms with E-state index < -0.39 is 0 Å². The second-order valence-corrected chi connectivity index (χ2v) is 3.89. The Labute approximate surface area is 96.5 Å². The van der Waals surface area contributed by atoms with E-state index in [9.17, 15) is 0 Å². The van der Waals surface area contributed by atoms with Crippen LogP contribution in [0.1, 0.15) is 13.8 Å². The summed E-state index contributed by atoms with van der Waals surface area (Å²) in [6.07, 6.45) is 1.73. The second-order valence-electron chi connectivity index (χ2n) is 3.89. The van der Waals surface area contributed by atoms with E-state index in [2.05, 4.69) is 0 Å². The molecule has 0 spiro atoms. The molecule has 88 valence electrons. The van der Waals surface area contributed by atoms with Gasteiger partial charge >= 0.3 is 0 Å². The van der Waals surface area contributed by atoms with Crippen molar-refractivity contribution in [3.8, 4) is 5.75 Å². The van der Waals surface area contributed by atoms with E-state index in [1.807, 2.05) is 38.1 Å². The van der Waals surface area contributed by atoms with Crippen molar-refractivity contribution in [1.82, 2.24) is 0 Å². The summed E-state index contributed by atoms with van der Waals surface area (Å²) in [6.45, 7) is 4.04. The van der Waals surface area contributed by atoms with E-state index in [4.69, 9.17) is 16.3 Å². The highest BCUT2D eigenvalue weighted by molar-refractivity contribution is 5.50. The summed E-state index contributed by atoms with van der Waals surface area (Å²) in [7, 11) is 1.63. The molecular weight excluding hydrogens is 202 g/mol. The smallest absolute Gasteiger partial charge is 0.119 e. The third-order valence-corrected chi connectivity index (χ3v) is 2.33. The first-order valence-corrected chi connectivity index (χ1v) is 5.19. The minimum atomic E-state index is 0.282. The lowest BCUT2D eigenvalue weighted by Gasteiger charge is -2.16. The number of benzene rings is 1. The van der Waals surface area contributed by atoms with E-state index in [0.29, 0.717) is 0 Å². The van der Waals surface area contributed by atoms with Gasteiger partial charge in [-0.1, -0.05) is 13.8 Å². The fourth-order valence-electron chi connectivity index (χ4n) is 1.14. The van der Waals surface area contributed by atoms with Crippen molar-refractivity contribution in [2.75, 3.05) is 12.1 Å². The molecule has 0 heterocycles. The number of anilines is 1. The summed E-state index contributed by atoms with van der Waals surface area (Å²) in [5, 5.41) is 1.51.